The van der Waals surface area contributed by atoms with Gasteiger partial charge in [0.1, 0.15) is 11.4 Å². The third-order valence-electron chi connectivity index (χ3n) is 5.59. The van der Waals surface area contributed by atoms with Gasteiger partial charge in [-0.15, -0.1) is 0 Å². The summed E-state index contributed by atoms with van der Waals surface area (Å²) in [5.74, 6) is -0.946. The van der Waals surface area contributed by atoms with Crippen LogP contribution in [0.3, 0.4) is 0 Å². The average Bonchev–Trinajstić information content (AvgIpc) is 3.14. The molecule has 1 heterocycles. The molecule has 3 aromatic carbocycles. The van der Waals surface area contributed by atoms with E-state index in [1.165, 1.54) is 18.2 Å². The van der Waals surface area contributed by atoms with Crippen LogP contribution in [-0.2, 0) is 10.0 Å². The molecule has 2 aliphatic rings. The molecule has 0 amide bonds. The molecule has 0 bridgehead atoms. The molecule has 8 heteroatoms. The molecule has 0 fully saturated rings. The maximum absolute atomic E-state index is 13.6. The van der Waals surface area contributed by atoms with Gasteiger partial charge in [0, 0.05) is 18.2 Å². The Morgan fingerprint density at radius 3 is 2.00 bits per heavy atom. The van der Waals surface area contributed by atoms with Crippen LogP contribution in [0.5, 0.6) is 0 Å². The van der Waals surface area contributed by atoms with E-state index < -0.39 is 21.6 Å². The summed E-state index contributed by atoms with van der Waals surface area (Å²) in [5, 5.41) is 0. The molecule has 0 atom stereocenters. The topological polar surface area (TPSA) is 86.8 Å². The second-order valence-electron chi connectivity index (χ2n) is 7.60. The van der Waals surface area contributed by atoms with Crippen molar-refractivity contribution in [1.29, 1.82) is 0 Å². The number of carbonyl (C=O) groups is 2. The Hall–Kier alpha value is -3.91. The molecule has 0 aromatic heterocycles. The summed E-state index contributed by atoms with van der Waals surface area (Å²) < 4.78 is 28.6. The van der Waals surface area contributed by atoms with E-state index in [4.69, 9.17) is 0 Å². The number of nitrogens with zero attached hydrogens (tertiary/aromatic N) is 2. The molecule has 160 valence electrons. The first-order valence-electron chi connectivity index (χ1n) is 9.97. The highest BCUT2D eigenvalue weighted by atomic mass is 32.2. The Kier molecular flexibility index (Phi) is 4.60. The molecule has 1 aliphatic carbocycles. The largest absolute Gasteiger partial charge is 0.355 e. The smallest absolute Gasteiger partial charge is 0.262 e. The summed E-state index contributed by atoms with van der Waals surface area (Å²) in [7, 11) is -2.22. The van der Waals surface area contributed by atoms with Crippen LogP contribution in [-0.4, -0.2) is 33.7 Å². The zero-order chi connectivity index (χ0) is 22.5. The number of carbonyl (C=O) groups excluding carboxylic acids is 2. The molecule has 7 nitrogen and oxygen atoms in total. The van der Waals surface area contributed by atoms with Crippen molar-refractivity contribution in [1.82, 2.24) is 4.72 Å². The molecule has 1 aliphatic heterocycles. The second kappa shape index (κ2) is 7.35. The van der Waals surface area contributed by atoms with Crippen molar-refractivity contribution in [2.75, 3.05) is 23.5 Å². The Balaban J connectivity index is 1.71. The molecular formula is C24H19N3O4S. The van der Waals surface area contributed by atoms with Gasteiger partial charge in [-0.3, -0.25) is 14.3 Å². The number of hydrogen-bond donors (Lipinski definition) is 1. The highest BCUT2D eigenvalue weighted by Crippen LogP contribution is 2.40. The third-order valence-corrected chi connectivity index (χ3v) is 6.96. The van der Waals surface area contributed by atoms with Crippen LogP contribution in [0.1, 0.15) is 20.7 Å². The number of allylic oxidation sites excluding steroid dienone is 2. The zero-order valence-electron chi connectivity index (χ0n) is 17.1. The first kappa shape index (κ1) is 20.0. The van der Waals surface area contributed by atoms with Crippen LogP contribution < -0.4 is 14.5 Å². The number of anilines is 2. The molecule has 0 radical (unpaired) electrons. The van der Waals surface area contributed by atoms with E-state index in [1.807, 2.05) is 36.2 Å². The summed E-state index contributed by atoms with van der Waals surface area (Å²) in [5.41, 5.74) is 1.80. The molecule has 0 saturated heterocycles. The minimum Gasteiger partial charge on any atom is -0.355 e. The maximum atomic E-state index is 13.6. The number of para-hydroxylation sites is 2. The molecule has 32 heavy (non-hydrogen) atoms. The van der Waals surface area contributed by atoms with Gasteiger partial charge in [-0.2, -0.15) is 0 Å². The number of benzene rings is 3. The summed E-state index contributed by atoms with van der Waals surface area (Å²) in [6.07, 6.45) is 0. The maximum Gasteiger partial charge on any atom is 0.262 e. The lowest BCUT2D eigenvalue weighted by Gasteiger charge is -2.28. The van der Waals surface area contributed by atoms with Crippen molar-refractivity contribution in [3.05, 3.63) is 101 Å². The standard InChI is InChI=1S/C24H19N3O4S/c1-26-15-27(20-14-8-7-13-19(20)26)22-21(25-32(30,31)16-9-3-2-4-10-16)23(28)17-11-5-6-12-18(17)24(22)29/h2-14,25H,15H2,1H3. The minimum absolute atomic E-state index is 0.00453. The van der Waals surface area contributed by atoms with E-state index in [2.05, 4.69) is 4.72 Å². The van der Waals surface area contributed by atoms with E-state index in [1.54, 1.807) is 41.3 Å². The normalized spacial score (nSPS) is 15.7. The molecule has 3 aromatic rings. The van der Waals surface area contributed by atoms with Gasteiger partial charge in [-0.05, 0) is 24.3 Å². The summed E-state index contributed by atoms with van der Waals surface area (Å²) in [6, 6.07) is 21.7. The monoisotopic (exact) mass is 445 g/mol. The van der Waals surface area contributed by atoms with E-state index >= 15 is 0 Å². The summed E-state index contributed by atoms with van der Waals surface area (Å²) in [4.78, 5) is 30.7. The Morgan fingerprint density at radius 1 is 0.750 bits per heavy atom. The van der Waals surface area contributed by atoms with Crippen molar-refractivity contribution in [3.63, 3.8) is 0 Å². The first-order valence-corrected chi connectivity index (χ1v) is 11.4. The zero-order valence-corrected chi connectivity index (χ0v) is 18.0. The highest BCUT2D eigenvalue weighted by molar-refractivity contribution is 7.89. The predicted octanol–water partition coefficient (Wildman–Crippen LogP) is 3.17. The molecule has 0 unspecified atom stereocenters. The van der Waals surface area contributed by atoms with Crippen LogP contribution in [0.15, 0.2) is 95.2 Å². The SMILES string of the molecule is CN1CN(C2=C(NS(=O)(=O)c3ccccc3)C(=O)c3ccccc3C2=O)c2ccccc21. The number of rotatable bonds is 4. The number of Topliss-reactive ketones (excluding diaryl/α,β-unsaturated/α-hetero) is 2. The fraction of sp³-hybridized carbons (Fsp3) is 0.0833. The fourth-order valence-electron chi connectivity index (χ4n) is 4.08. The lowest BCUT2D eigenvalue weighted by Crippen LogP contribution is -2.41. The lowest BCUT2D eigenvalue weighted by atomic mass is 9.90. The van der Waals surface area contributed by atoms with Crippen LogP contribution in [0.25, 0.3) is 0 Å². The van der Waals surface area contributed by atoms with Crippen molar-refractivity contribution in [2.24, 2.45) is 0 Å². The van der Waals surface area contributed by atoms with E-state index in [-0.39, 0.29) is 27.4 Å². The van der Waals surface area contributed by atoms with Crippen molar-refractivity contribution in [2.45, 2.75) is 4.90 Å². The number of fused-ring (bicyclic) bond motifs is 2. The Morgan fingerprint density at radius 2 is 1.31 bits per heavy atom. The molecular weight excluding hydrogens is 426 g/mol. The van der Waals surface area contributed by atoms with Gasteiger partial charge >= 0.3 is 0 Å². The Bertz CT molecular complexity index is 1400. The quantitative estimate of drug-likeness (QED) is 0.664. The molecule has 5 rings (SSSR count). The number of nitrogens with one attached hydrogen (secondary N) is 1. The lowest BCUT2D eigenvalue weighted by molar-refractivity contribution is 0.0969. The van der Waals surface area contributed by atoms with Crippen molar-refractivity contribution in [3.8, 4) is 0 Å². The van der Waals surface area contributed by atoms with Crippen LogP contribution in [0.2, 0.25) is 0 Å². The van der Waals surface area contributed by atoms with Gasteiger partial charge in [0.25, 0.3) is 10.0 Å². The van der Waals surface area contributed by atoms with Crippen LogP contribution in [0, 0.1) is 0 Å². The third kappa shape index (κ3) is 3.07. The first-order chi connectivity index (χ1) is 15.4. The van der Waals surface area contributed by atoms with E-state index in [0.29, 0.717) is 6.67 Å². The van der Waals surface area contributed by atoms with Crippen LogP contribution >= 0.6 is 0 Å². The van der Waals surface area contributed by atoms with Gasteiger partial charge in [0.15, 0.2) is 0 Å². The molecule has 0 spiro atoms. The number of sulfonamides is 1. The van der Waals surface area contributed by atoms with Crippen molar-refractivity contribution < 1.29 is 18.0 Å². The van der Waals surface area contributed by atoms with E-state index in [0.717, 1.165) is 11.4 Å². The van der Waals surface area contributed by atoms with Gasteiger partial charge in [0.2, 0.25) is 11.6 Å². The van der Waals surface area contributed by atoms with Gasteiger partial charge < -0.3 is 9.80 Å². The average molecular weight is 446 g/mol. The molecule has 1 N–H and O–H groups in total. The second-order valence-corrected chi connectivity index (χ2v) is 9.28. The Labute approximate surface area is 185 Å². The highest BCUT2D eigenvalue weighted by Gasteiger charge is 2.40. The summed E-state index contributed by atoms with van der Waals surface area (Å²) >= 11 is 0. The minimum atomic E-state index is -4.09. The van der Waals surface area contributed by atoms with Crippen LogP contribution in [0.4, 0.5) is 11.4 Å². The fourth-order valence-corrected chi connectivity index (χ4v) is 5.17. The van der Waals surface area contributed by atoms with Gasteiger partial charge in [-0.1, -0.05) is 54.6 Å². The number of ketones is 2. The summed E-state index contributed by atoms with van der Waals surface area (Å²) in [6.45, 7) is 0.298. The molecule has 0 saturated carbocycles. The predicted molar refractivity (Wildman–Crippen MR) is 121 cm³/mol. The number of hydrogen-bond acceptors (Lipinski definition) is 6. The van der Waals surface area contributed by atoms with Crippen molar-refractivity contribution >= 4 is 33.0 Å². The van der Waals surface area contributed by atoms with Gasteiger partial charge in [-0.25, -0.2) is 8.42 Å². The van der Waals surface area contributed by atoms with Gasteiger partial charge in [0.05, 0.1) is 22.9 Å². The van der Waals surface area contributed by atoms with E-state index in [9.17, 15) is 18.0 Å².